The molecule has 0 aliphatic carbocycles. The maximum atomic E-state index is 12.8. The minimum atomic E-state index is -3.62. The molecule has 0 amide bonds. The molecule has 8 nitrogen and oxygen atoms in total. The van der Waals surface area contributed by atoms with Gasteiger partial charge in [0.15, 0.2) is 5.82 Å². The van der Waals surface area contributed by atoms with E-state index in [9.17, 15) is 8.42 Å². The third-order valence-corrected chi connectivity index (χ3v) is 6.28. The number of para-hydroxylation sites is 1. The van der Waals surface area contributed by atoms with Gasteiger partial charge < -0.3 is 4.52 Å². The molecule has 4 rings (SSSR count). The Balaban J connectivity index is 1.42. The molecule has 0 saturated carbocycles. The predicted octanol–water partition coefficient (Wildman–Crippen LogP) is 1.81. The molecule has 1 aromatic carbocycles. The number of benzene rings is 1. The first-order valence-electron chi connectivity index (χ1n) is 8.93. The van der Waals surface area contributed by atoms with Crippen LogP contribution in [0.15, 0.2) is 52.3 Å². The van der Waals surface area contributed by atoms with E-state index >= 15 is 0 Å². The van der Waals surface area contributed by atoms with Crippen molar-refractivity contribution in [2.45, 2.75) is 24.3 Å². The van der Waals surface area contributed by atoms with Crippen molar-refractivity contribution in [3.63, 3.8) is 0 Å². The van der Waals surface area contributed by atoms with Crippen molar-refractivity contribution in [1.29, 1.82) is 0 Å². The monoisotopic (exact) mass is 387 g/mol. The molecule has 1 saturated heterocycles. The Labute approximate surface area is 157 Å². The summed E-state index contributed by atoms with van der Waals surface area (Å²) < 4.78 is 33.2. The number of likely N-dealkylation sites (tertiary alicyclic amines) is 1. The maximum Gasteiger partial charge on any atom is 0.242 e. The Morgan fingerprint density at radius 3 is 2.96 bits per heavy atom. The van der Waals surface area contributed by atoms with Crippen LogP contribution >= 0.6 is 0 Å². The van der Waals surface area contributed by atoms with Crippen LogP contribution in [0.1, 0.15) is 18.7 Å². The summed E-state index contributed by atoms with van der Waals surface area (Å²) in [5.41, 5.74) is 0.495. The van der Waals surface area contributed by atoms with Crippen molar-refractivity contribution < 1.29 is 12.9 Å². The van der Waals surface area contributed by atoms with Crippen LogP contribution in [0.3, 0.4) is 0 Å². The van der Waals surface area contributed by atoms with E-state index in [-0.39, 0.29) is 10.8 Å². The third-order valence-electron chi connectivity index (χ3n) is 4.82. The summed E-state index contributed by atoms with van der Waals surface area (Å²) in [5.74, 6) is 0.890. The van der Waals surface area contributed by atoms with E-state index in [1.807, 2.05) is 12.1 Å². The maximum absolute atomic E-state index is 12.8. The van der Waals surface area contributed by atoms with Gasteiger partial charge in [-0.3, -0.25) is 9.88 Å². The summed E-state index contributed by atoms with van der Waals surface area (Å²) in [6.45, 7) is 2.76. The highest BCUT2D eigenvalue weighted by Gasteiger charge is 2.24. The average Bonchev–Trinajstić information content (AvgIpc) is 3.19. The van der Waals surface area contributed by atoms with Gasteiger partial charge in [0.05, 0.1) is 12.1 Å². The molecule has 142 valence electrons. The topological polar surface area (TPSA) is 101 Å². The molecule has 0 bridgehead atoms. The van der Waals surface area contributed by atoms with E-state index in [1.54, 1.807) is 24.4 Å². The van der Waals surface area contributed by atoms with Gasteiger partial charge in [-0.25, -0.2) is 13.1 Å². The summed E-state index contributed by atoms with van der Waals surface area (Å²) in [5, 5.41) is 4.65. The molecule has 1 fully saturated rings. The second kappa shape index (κ2) is 7.71. The van der Waals surface area contributed by atoms with E-state index < -0.39 is 10.0 Å². The number of nitrogens with one attached hydrogen (secondary N) is 1. The number of hydrogen-bond donors (Lipinski definition) is 1. The Hall–Kier alpha value is -2.36. The van der Waals surface area contributed by atoms with Crippen LogP contribution in [0.25, 0.3) is 10.9 Å². The second-order valence-corrected chi connectivity index (χ2v) is 8.51. The molecule has 1 N–H and O–H groups in total. The summed E-state index contributed by atoms with van der Waals surface area (Å²) >= 11 is 0. The first kappa shape index (κ1) is 18.0. The van der Waals surface area contributed by atoms with Gasteiger partial charge in [0, 0.05) is 24.7 Å². The van der Waals surface area contributed by atoms with Gasteiger partial charge in [-0.1, -0.05) is 23.4 Å². The van der Waals surface area contributed by atoms with Crippen molar-refractivity contribution in [1.82, 2.24) is 24.7 Å². The van der Waals surface area contributed by atoms with Crippen LogP contribution in [0.4, 0.5) is 0 Å². The molecule has 1 atom stereocenters. The summed E-state index contributed by atoms with van der Waals surface area (Å²) in [6, 6.07) is 8.86. The van der Waals surface area contributed by atoms with Crippen molar-refractivity contribution in [3.8, 4) is 0 Å². The molecular formula is C18H21N5O3S. The molecule has 0 radical (unpaired) electrons. The van der Waals surface area contributed by atoms with Gasteiger partial charge in [-0.15, -0.1) is 0 Å². The van der Waals surface area contributed by atoms with E-state index in [1.165, 1.54) is 6.39 Å². The number of rotatable bonds is 6. The Bertz CT molecular complexity index is 1000. The number of sulfonamides is 1. The lowest BCUT2D eigenvalue weighted by Gasteiger charge is -2.31. The lowest BCUT2D eigenvalue weighted by atomic mass is 9.98. The smallest absolute Gasteiger partial charge is 0.242 e. The number of hydrogen-bond acceptors (Lipinski definition) is 7. The van der Waals surface area contributed by atoms with Gasteiger partial charge in [-0.2, -0.15) is 4.98 Å². The highest BCUT2D eigenvalue weighted by molar-refractivity contribution is 7.89. The van der Waals surface area contributed by atoms with Crippen molar-refractivity contribution >= 4 is 20.9 Å². The minimum absolute atomic E-state index is 0.222. The quantitative estimate of drug-likeness (QED) is 0.688. The second-order valence-electron chi connectivity index (χ2n) is 6.77. The summed E-state index contributed by atoms with van der Waals surface area (Å²) in [4.78, 5) is 10.7. The van der Waals surface area contributed by atoms with Crippen molar-refractivity contribution in [2.75, 3.05) is 19.6 Å². The molecular weight excluding hydrogens is 366 g/mol. The Kier molecular flexibility index (Phi) is 5.15. The van der Waals surface area contributed by atoms with Crippen LogP contribution in [0.5, 0.6) is 0 Å². The first-order valence-corrected chi connectivity index (χ1v) is 10.4. The minimum Gasteiger partial charge on any atom is -0.343 e. The summed E-state index contributed by atoms with van der Waals surface area (Å²) in [7, 11) is -3.62. The van der Waals surface area contributed by atoms with Gasteiger partial charge >= 0.3 is 0 Å². The molecule has 27 heavy (non-hydrogen) atoms. The molecule has 1 aliphatic rings. The largest absolute Gasteiger partial charge is 0.343 e. The standard InChI is InChI=1S/C18H21N5O3S/c24-27(25,16-7-1-5-15-6-2-8-19-18(15)16)21-10-14-4-3-9-23(11-14)12-17-20-13-26-22-17/h1-2,5-8,13-14,21H,3-4,9-12H2/t14-/m0/s1. The van der Waals surface area contributed by atoms with Crippen LogP contribution in [0, 0.1) is 5.92 Å². The molecule has 1 aliphatic heterocycles. The first-order chi connectivity index (χ1) is 13.1. The number of aromatic nitrogens is 3. The van der Waals surface area contributed by atoms with Crippen LogP contribution in [0.2, 0.25) is 0 Å². The normalized spacial score (nSPS) is 18.7. The predicted molar refractivity (Wildman–Crippen MR) is 99.2 cm³/mol. The zero-order valence-corrected chi connectivity index (χ0v) is 15.6. The Morgan fingerprint density at radius 2 is 2.11 bits per heavy atom. The van der Waals surface area contributed by atoms with E-state index in [0.29, 0.717) is 24.4 Å². The van der Waals surface area contributed by atoms with Gasteiger partial charge in [0.2, 0.25) is 16.4 Å². The van der Waals surface area contributed by atoms with Gasteiger partial charge in [0.25, 0.3) is 0 Å². The van der Waals surface area contributed by atoms with Crippen LogP contribution < -0.4 is 4.72 Å². The number of fused-ring (bicyclic) bond motifs is 1. The van der Waals surface area contributed by atoms with Gasteiger partial charge in [0.1, 0.15) is 4.90 Å². The van der Waals surface area contributed by atoms with Crippen LogP contribution in [-0.4, -0.2) is 48.1 Å². The SMILES string of the molecule is O=S(=O)(NC[C@@H]1CCCN(Cc2ncon2)C1)c1cccc2cccnc12. The van der Waals surface area contributed by atoms with E-state index in [2.05, 4.69) is 24.7 Å². The van der Waals surface area contributed by atoms with Crippen LogP contribution in [-0.2, 0) is 16.6 Å². The van der Waals surface area contributed by atoms with E-state index in [0.717, 1.165) is 31.3 Å². The fraction of sp³-hybridized carbons (Fsp3) is 0.389. The van der Waals surface area contributed by atoms with Crippen molar-refractivity contribution in [2.24, 2.45) is 5.92 Å². The fourth-order valence-corrected chi connectivity index (χ4v) is 4.82. The molecule has 3 heterocycles. The number of nitrogens with zero attached hydrogens (tertiary/aromatic N) is 4. The highest BCUT2D eigenvalue weighted by atomic mass is 32.2. The number of pyridine rings is 1. The third kappa shape index (κ3) is 4.15. The van der Waals surface area contributed by atoms with E-state index in [4.69, 9.17) is 4.52 Å². The molecule has 9 heteroatoms. The molecule has 0 spiro atoms. The highest BCUT2D eigenvalue weighted by Crippen LogP contribution is 2.22. The fourth-order valence-electron chi connectivity index (χ4n) is 3.52. The zero-order valence-electron chi connectivity index (χ0n) is 14.8. The van der Waals surface area contributed by atoms with Crippen molar-refractivity contribution in [3.05, 3.63) is 48.7 Å². The average molecular weight is 387 g/mol. The summed E-state index contributed by atoms with van der Waals surface area (Å²) in [6.07, 6.45) is 4.93. The lowest BCUT2D eigenvalue weighted by molar-refractivity contribution is 0.164. The molecule has 3 aromatic rings. The molecule has 2 aromatic heterocycles. The van der Waals surface area contributed by atoms with Gasteiger partial charge in [-0.05, 0) is 37.4 Å². The molecule has 0 unspecified atom stereocenters. The number of piperidine rings is 1. The lowest BCUT2D eigenvalue weighted by Crippen LogP contribution is -2.40. The Morgan fingerprint density at radius 1 is 1.22 bits per heavy atom. The zero-order chi connectivity index (χ0) is 18.7.